The standard InChI is InChI=1S/C53H65N3O7S.C49H53N3O10S2.C7H16N2O3.Na/c1-38(63-39(2)57)51(59)54-34-21-25-42(58)24-11-10-18-35-55-45-32-30-40-22-14-16-26-43(40)49(45)52(3,4)47(55)28-12-8-7-9-13-29-48-53(5,6)50-44-27-17-15-23-41(44)31-33-46(50)56(48)36-19-20-37-64(60,61)62;1-48(2)41(23-9-6-5-7-10-24-42-49(3,4)46-37-22-15-13-20-35(37)27-29-39(46)51(42)31-17-18-32-63(56,57)58)50(38-28-26-34-19-12-14-21-36(34)45(38)48)30-16-8-11-25-44(54)62-52-43(53)33-40(47(52)55)64(59,60)61;1-5(12-6(2)10)7(11)9-4-3-8;/h7-9,12-17,22-23,26-33,38-39,57H,10-11,18-21,24-25,34-37H2,1-6H3,(H-,54,59,60,61,62);5-7,9-10,12-15,19-24,26-29,40H,8,11,16-18,25,30-33H2,1-4H3,(H-,56,57,58,59,60,61);5-6,10H,3-4,8H2,1-2H3,(H,9,11);/q;;;+1/p-1/t38-,39-;;5-,6-;/m0.0./s1. The predicted octanol–water partition coefficient (Wildman–Crippen LogP) is 13.4. The maximum absolute atomic E-state index is 12.7. The number of nitrogens with one attached hydrogen (secondary N) is 2. The van der Waals surface area contributed by atoms with Crippen molar-refractivity contribution < 1.29 is 131 Å². The second-order valence-corrected chi connectivity index (χ2v) is 42.6. The van der Waals surface area contributed by atoms with Gasteiger partial charge in [-0.2, -0.15) is 9.15 Å². The van der Waals surface area contributed by atoms with E-state index in [4.69, 9.17) is 25.2 Å². The average molecular weight is 1990 g/mol. The Morgan fingerprint density at radius 3 is 1.22 bits per heavy atom. The molecule has 0 aliphatic carbocycles. The maximum Gasteiger partial charge on any atom is 1.00 e. The molecule has 5 aliphatic heterocycles. The first-order chi connectivity index (χ1) is 66.4. The number of benzene rings is 8. The SMILES string of the molecule is CC1(C)C(=CC=CC=CC=CC2=[N+](CCCCCC(=O)ON3C(=O)CC(S(=O)(=O)[O-])C3=O)c3ccc4ccccc4c3C2(C)C)N(CCCCS(=O)(=O)[O-])c2ccc3ccccc3c21.C[C@H](O[C@@H](C)O)C(=O)NCCCC(=O)CCCCC[N+]1=C(C=CC=CC=CC=C2N(CCCCS(=O)(=O)[O-])c3ccc4ccccc4c3C2(C)C)C(C)(C)c2c1ccc1ccccc21.C[C@H](O[C@@H](C)O)C(=O)NCCN.[Na+]. The minimum Gasteiger partial charge on any atom is -0.748 e. The van der Waals surface area contributed by atoms with E-state index in [1.807, 2.05) is 72.9 Å². The fourth-order valence-electron chi connectivity index (χ4n) is 19.5. The number of nitrogens with two attached hydrogens (primary N) is 1. The summed E-state index contributed by atoms with van der Waals surface area (Å²) >= 11 is 0. The van der Waals surface area contributed by atoms with Crippen molar-refractivity contribution in [1.82, 2.24) is 15.7 Å². The van der Waals surface area contributed by atoms with Gasteiger partial charge in [-0.25, -0.2) is 30.0 Å². The van der Waals surface area contributed by atoms with Crippen LogP contribution < -0.4 is 55.7 Å². The summed E-state index contributed by atoms with van der Waals surface area (Å²) in [6.45, 7) is 27.8. The van der Waals surface area contributed by atoms with Gasteiger partial charge >= 0.3 is 35.5 Å². The van der Waals surface area contributed by atoms with Crippen molar-refractivity contribution in [3.63, 3.8) is 0 Å². The molecule has 0 aromatic heterocycles. The summed E-state index contributed by atoms with van der Waals surface area (Å²) in [6.07, 6.45) is 32.1. The molecule has 141 heavy (non-hydrogen) atoms. The van der Waals surface area contributed by atoms with Crippen LogP contribution in [0.2, 0.25) is 0 Å². The number of allylic oxidation sites excluding steroid dienone is 16. The zero-order valence-electron chi connectivity index (χ0n) is 83.1. The fourth-order valence-corrected chi connectivity index (χ4v) is 21.3. The Balaban J connectivity index is 0.000000258. The molecule has 5 heterocycles. The largest absolute Gasteiger partial charge is 1.00 e. The van der Waals surface area contributed by atoms with E-state index < -0.39 is 84.6 Å². The summed E-state index contributed by atoms with van der Waals surface area (Å²) in [5, 5.41) is 30.9. The van der Waals surface area contributed by atoms with Crippen LogP contribution >= 0.6 is 0 Å². The Kier molecular flexibility index (Phi) is 39.9. The first kappa shape index (κ1) is 112. The molecule has 4 amide bonds. The second kappa shape index (κ2) is 50.1. The van der Waals surface area contributed by atoms with Gasteiger partial charge in [-0.15, -0.1) is 5.06 Å². The van der Waals surface area contributed by atoms with Crippen LogP contribution in [0.15, 0.2) is 242 Å². The van der Waals surface area contributed by atoms with E-state index in [9.17, 15) is 72.8 Å². The third kappa shape index (κ3) is 28.7. The minimum absolute atomic E-state index is 0. The number of ketones is 1. The third-order valence-corrected chi connectivity index (χ3v) is 28.7. The molecule has 1 unspecified atom stereocenters. The Hall–Kier alpha value is -10.6. The quantitative estimate of drug-likeness (QED) is 0.00450. The molecule has 28 nitrogen and oxygen atoms in total. The first-order valence-electron chi connectivity index (χ1n) is 48.1. The van der Waals surface area contributed by atoms with E-state index in [-0.39, 0.29) is 98.2 Å². The molecule has 748 valence electrons. The summed E-state index contributed by atoms with van der Waals surface area (Å²) in [4.78, 5) is 82.1. The molecule has 8 aromatic rings. The van der Waals surface area contributed by atoms with Crippen LogP contribution in [0.4, 0.5) is 22.7 Å². The first-order valence-corrected chi connectivity index (χ1v) is 52.7. The number of amides is 4. The van der Waals surface area contributed by atoms with E-state index >= 15 is 0 Å². The van der Waals surface area contributed by atoms with Gasteiger partial charge in [-0.3, -0.25) is 24.0 Å². The molecule has 32 heteroatoms. The molecule has 1 saturated heterocycles. The van der Waals surface area contributed by atoms with Crippen LogP contribution in [0.25, 0.3) is 43.1 Å². The van der Waals surface area contributed by atoms with Crippen molar-refractivity contribution in [2.45, 2.75) is 231 Å². The molecule has 0 radical (unpaired) electrons. The monoisotopic (exact) mass is 1990 g/mol. The zero-order valence-corrected chi connectivity index (χ0v) is 87.5. The summed E-state index contributed by atoms with van der Waals surface area (Å²) in [7, 11) is -13.6. The van der Waals surface area contributed by atoms with Gasteiger partial charge in [0, 0.05) is 145 Å². The number of anilines is 2. The van der Waals surface area contributed by atoms with Gasteiger partial charge in [-0.05, 0) is 204 Å². The molecule has 0 spiro atoms. The van der Waals surface area contributed by atoms with Crippen LogP contribution in [0.3, 0.4) is 0 Å². The van der Waals surface area contributed by atoms with Crippen molar-refractivity contribution in [1.29, 1.82) is 0 Å². The second-order valence-electron chi connectivity index (χ2n) is 38.0. The van der Waals surface area contributed by atoms with Gasteiger partial charge in [0.25, 0.3) is 11.8 Å². The topological polar surface area (TPSA) is 408 Å². The molecule has 8 aromatic carbocycles. The van der Waals surface area contributed by atoms with Gasteiger partial charge in [0.2, 0.25) is 23.2 Å². The summed E-state index contributed by atoms with van der Waals surface area (Å²) < 4.78 is 117. The fraction of sp³-hybridized carbons (Fsp3) is 0.413. The third-order valence-electron chi connectivity index (χ3n) is 26.1. The molecule has 13 rings (SSSR count). The normalized spacial score (nSPS) is 17.9. The van der Waals surface area contributed by atoms with Gasteiger partial charge in [0.1, 0.15) is 46.4 Å². The van der Waals surface area contributed by atoms with Crippen LogP contribution in [0, 0.1) is 0 Å². The van der Waals surface area contributed by atoms with Gasteiger partial charge in [0.15, 0.2) is 24.0 Å². The summed E-state index contributed by atoms with van der Waals surface area (Å²) in [5.41, 5.74) is 17.9. The molecular formula is C109H133N8NaO20S3. The Morgan fingerprint density at radius 2 is 0.830 bits per heavy atom. The molecule has 0 saturated carbocycles. The van der Waals surface area contributed by atoms with Crippen molar-refractivity contribution in [2.75, 3.05) is 67.1 Å². The number of imide groups is 1. The zero-order chi connectivity index (χ0) is 102. The van der Waals surface area contributed by atoms with Gasteiger partial charge < -0.3 is 64.3 Å². The molecule has 5 aliphatic rings. The molecule has 5 atom stereocenters. The number of nitrogens with zero attached hydrogens (tertiary/aromatic N) is 5. The number of fused-ring (bicyclic) bond motifs is 12. The predicted molar refractivity (Wildman–Crippen MR) is 548 cm³/mol. The van der Waals surface area contributed by atoms with Crippen LogP contribution in [0.5, 0.6) is 0 Å². The molecule has 1 fully saturated rings. The van der Waals surface area contributed by atoms with E-state index in [2.05, 4.69) is 243 Å². The van der Waals surface area contributed by atoms with Crippen LogP contribution in [-0.2, 0) is 95.1 Å². The minimum atomic E-state index is -5.07. The van der Waals surface area contributed by atoms with E-state index in [0.29, 0.717) is 97.1 Å². The number of hydrogen-bond donors (Lipinski definition) is 5. The van der Waals surface area contributed by atoms with E-state index in [1.54, 1.807) is 13.8 Å². The smallest absolute Gasteiger partial charge is 0.748 e. The van der Waals surface area contributed by atoms with Crippen molar-refractivity contribution in [2.24, 2.45) is 5.73 Å². The number of Topliss-reactive ketones (excluding diaryl/α,β-unsaturated/α-hetero) is 1. The number of aliphatic hydroxyl groups is 2. The van der Waals surface area contributed by atoms with Crippen LogP contribution in [0.1, 0.15) is 202 Å². The number of carbonyl (C=O) groups excluding carboxylic acids is 6. The van der Waals surface area contributed by atoms with Crippen molar-refractivity contribution >= 4 is 143 Å². The Labute approximate surface area is 851 Å². The number of ether oxygens (including phenoxy) is 2. The molecule has 0 bridgehead atoms. The van der Waals surface area contributed by atoms with E-state index in [0.717, 1.165) is 70.7 Å². The maximum atomic E-state index is 12.7. The average Bonchev–Trinajstić information content (AvgIpc) is 1.59. The molecule has 6 N–H and O–H groups in total. The summed E-state index contributed by atoms with van der Waals surface area (Å²) in [6, 6.07) is 50.8. The van der Waals surface area contributed by atoms with E-state index in [1.165, 1.54) is 79.8 Å². The molecular weight excluding hydrogens is 1860 g/mol. The number of hydroxylamine groups is 2. The van der Waals surface area contributed by atoms with Crippen molar-refractivity contribution in [3.8, 4) is 0 Å². The Morgan fingerprint density at radius 1 is 0.461 bits per heavy atom. The summed E-state index contributed by atoms with van der Waals surface area (Å²) in [5.74, 6) is -4.38. The number of hydrogen-bond acceptors (Lipinski definition) is 23. The van der Waals surface area contributed by atoms with Gasteiger partial charge in [-0.1, -0.05) is 198 Å². The number of carbonyl (C=O) groups is 6. The number of rotatable bonds is 44. The van der Waals surface area contributed by atoms with Crippen molar-refractivity contribution in [3.05, 3.63) is 264 Å². The number of aliphatic hydroxyl groups excluding tert-OH is 2. The number of unbranched alkanes of at least 4 members (excludes halogenated alkanes) is 6. The van der Waals surface area contributed by atoms with Crippen LogP contribution in [-0.4, -0.2) is 198 Å². The van der Waals surface area contributed by atoms with Gasteiger partial charge in [0.05, 0.1) is 37.5 Å². The Bertz CT molecular complexity index is 6610.